The minimum Gasteiger partial charge on any atom is -0.508 e. The van der Waals surface area contributed by atoms with E-state index < -0.39 is 10.5 Å². The van der Waals surface area contributed by atoms with E-state index in [2.05, 4.69) is 4.84 Å². The summed E-state index contributed by atoms with van der Waals surface area (Å²) in [4.78, 5) is 14.8. The van der Waals surface area contributed by atoms with Crippen LogP contribution in [0.2, 0.25) is 0 Å². The number of phenols is 1. The molecule has 6 nitrogen and oxygen atoms in total. The van der Waals surface area contributed by atoms with Gasteiger partial charge in [-0.15, -0.1) is 0 Å². The minimum atomic E-state index is -1.03. The van der Waals surface area contributed by atoms with Crippen molar-refractivity contribution in [2.45, 2.75) is 19.4 Å². The van der Waals surface area contributed by atoms with E-state index in [9.17, 15) is 15.2 Å². The van der Waals surface area contributed by atoms with Crippen molar-refractivity contribution in [1.29, 1.82) is 0 Å². The Bertz CT molecular complexity index is 390. The maximum absolute atomic E-state index is 10.7. The van der Waals surface area contributed by atoms with Gasteiger partial charge >= 0.3 is 0 Å². The topological polar surface area (TPSA) is 98.6 Å². The van der Waals surface area contributed by atoms with Gasteiger partial charge in [0.25, 0.3) is 5.69 Å². The van der Waals surface area contributed by atoms with Gasteiger partial charge in [-0.3, -0.25) is 15.0 Å². The van der Waals surface area contributed by atoms with Crippen LogP contribution in [0.4, 0.5) is 5.69 Å². The summed E-state index contributed by atoms with van der Waals surface area (Å²) in [5.74, 6) is 4.98. The van der Waals surface area contributed by atoms with E-state index in [1.54, 1.807) is 13.8 Å². The molecule has 0 bridgehead atoms. The smallest absolute Gasteiger partial charge is 0.275 e. The van der Waals surface area contributed by atoms with Crippen molar-refractivity contribution in [2.24, 2.45) is 5.90 Å². The van der Waals surface area contributed by atoms with Crippen LogP contribution in [0.25, 0.3) is 0 Å². The first-order valence-corrected chi connectivity index (χ1v) is 4.24. The van der Waals surface area contributed by atoms with Crippen molar-refractivity contribution in [3.8, 4) is 5.75 Å². The van der Waals surface area contributed by atoms with Gasteiger partial charge in [-0.1, -0.05) is 0 Å². The lowest BCUT2D eigenvalue weighted by Crippen LogP contribution is -2.26. The first-order valence-electron chi connectivity index (χ1n) is 4.24. The third-order valence-electron chi connectivity index (χ3n) is 2.12. The highest BCUT2D eigenvalue weighted by Gasteiger charge is 2.29. The van der Waals surface area contributed by atoms with Crippen molar-refractivity contribution < 1.29 is 14.9 Å². The van der Waals surface area contributed by atoms with Gasteiger partial charge in [0, 0.05) is 6.07 Å². The molecule has 15 heavy (non-hydrogen) atoms. The molecule has 0 radical (unpaired) electrons. The Morgan fingerprint density at radius 1 is 1.53 bits per heavy atom. The number of hydrogen-bond donors (Lipinski definition) is 2. The zero-order chi connectivity index (χ0) is 11.6. The summed E-state index contributed by atoms with van der Waals surface area (Å²) < 4.78 is 0. The summed E-state index contributed by atoms with van der Waals surface area (Å²) in [6.45, 7) is 3.16. The fourth-order valence-corrected chi connectivity index (χ4v) is 1.23. The van der Waals surface area contributed by atoms with E-state index in [0.717, 1.165) is 0 Å². The molecule has 0 aliphatic rings. The van der Waals surface area contributed by atoms with Gasteiger partial charge in [-0.05, 0) is 26.0 Å². The highest BCUT2D eigenvalue weighted by atomic mass is 16.6. The van der Waals surface area contributed by atoms with Crippen LogP contribution in [-0.2, 0) is 10.4 Å². The van der Waals surface area contributed by atoms with Crippen LogP contribution in [0.5, 0.6) is 5.75 Å². The van der Waals surface area contributed by atoms with Crippen molar-refractivity contribution in [2.75, 3.05) is 0 Å². The van der Waals surface area contributed by atoms with Crippen molar-refractivity contribution >= 4 is 5.69 Å². The summed E-state index contributed by atoms with van der Waals surface area (Å²) >= 11 is 0. The van der Waals surface area contributed by atoms with Gasteiger partial charge < -0.3 is 5.11 Å². The number of nitrogens with zero attached hydrogens (tertiary/aromatic N) is 1. The van der Waals surface area contributed by atoms with E-state index >= 15 is 0 Å². The molecule has 0 amide bonds. The summed E-state index contributed by atoms with van der Waals surface area (Å²) in [6, 6.07) is 3.73. The normalized spacial score (nSPS) is 11.4. The number of hydrogen-bond acceptors (Lipinski definition) is 5. The fraction of sp³-hybridized carbons (Fsp3) is 0.333. The standard InChI is InChI=1S/C9H12N2O4/c1-9(2,15-10)7-5-6(12)3-4-8(7)11(13)14/h3-5,12H,10H2,1-2H3. The van der Waals surface area contributed by atoms with Crippen LogP contribution in [0.1, 0.15) is 19.4 Å². The van der Waals surface area contributed by atoms with Crippen LogP contribution < -0.4 is 5.90 Å². The second kappa shape index (κ2) is 3.84. The highest BCUT2D eigenvalue weighted by molar-refractivity contribution is 5.47. The number of nitrogens with two attached hydrogens (primary N) is 1. The van der Waals surface area contributed by atoms with E-state index in [-0.39, 0.29) is 17.0 Å². The van der Waals surface area contributed by atoms with E-state index in [0.29, 0.717) is 0 Å². The summed E-state index contributed by atoms with van der Waals surface area (Å²) in [6.07, 6.45) is 0. The fourth-order valence-electron chi connectivity index (χ4n) is 1.23. The number of nitro groups is 1. The Balaban J connectivity index is 3.37. The first kappa shape index (κ1) is 11.4. The maximum Gasteiger partial charge on any atom is 0.275 e. The summed E-state index contributed by atoms with van der Waals surface area (Å²) in [5, 5.41) is 20.0. The maximum atomic E-state index is 10.7. The van der Waals surface area contributed by atoms with Crippen molar-refractivity contribution in [1.82, 2.24) is 0 Å². The average molecular weight is 212 g/mol. The molecule has 0 spiro atoms. The lowest BCUT2D eigenvalue weighted by atomic mass is 9.96. The Hall–Kier alpha value is -1.66. The molecule has 1 aromatic carbocycles. The Morgan fingerprint density at radius 2 is 2.13 bits per heavy atom. The first-order chi connectivity index (χ1) is 6.88. The molecular weight excluding hydrogens is 200 g/mol. The van der Waals surface area contributed by atoms with Crippen molar-refractivity contribution in [3.05, 3.63) is 33.9 Å². The number of rotatable bonds is 3. The Kier molecular flexibility index (Phi) is 2.92. The molecule has 0 atom stereocenters. The SMILES string of the molecule is CC(C)(ON)c1cc(O)ccc1[N+](=O)[O-]. The van der Waals surface area contributed by atoms with Crippen LogP contribution >= 0.6 is 0 Å². The quantitative estimate of drug-likeness (QED) is 0.583. The average Bonchev–Trinajstić information content (AvgIpc) is 2.17. The van der Waals surface area contributed by atoms with Gasteiger partial charge in [0.05, 0.1) is 10.5 Å². The van der Waals surface area contributed by atoms with E-state index in [4.69, 9.17) is 5.90 Å². The van der Waals surface area contributed by atoms with E-state index in [1.807, 2.05) is 0 Å². The lowest BCUT2D eigenvalue weighted by molar-refractivity contribution is -0.386. The second-order valence-corrected chi connectivity index (χ2v) is 3.59. The zero-order valence-electron chi connectivity index (χ0n) is 8.43. The Labute approximate surface area is 86.4 Å². The molecule has 0 aliphatic carbocycles. The summed E-state index contributed by atoms with van der Waals surface area (Å²) in [7, 11) is 0. The van der Waals surface area contributed by atoms with Crippen LogP contribution in [0.15, 0.2) is 18.2 Å². The molecule has 82 valence electrons. The lowest BCUT2D eigenvalue weighted by Gasteiger charge is -2.21. The largest absolute Gasteiger partial charge is 0.508 e. The third-order valence-corrected chi connectivity index (χ3v) is 2.12. The molecule has 0 saturated heterocycles. The molecule has 6 heteroatoms. The summed E-state index contributed by atoms with van der Waals surface area (Å²) in [5.41, 5.74) is -0.931. The van der Waals surface area contributed by atoms with E-state index in [1.165, 1.54) is 18.2 Å². The predicted octanol–water partition coefficient (Wildman–Crippen LogP) is 1.43. The van der Waals surface area contributed by atoms with Crippen LogP contribution in [0, 0.1) is 10.1 Å². The Morgan fingerprint density at radius 3 is 2.60 bits per heavy atom. The molecular formula is C9H12N2O4. The molecule has 0 heterocycles. The molecule has 3 N–H and O–H groups in total. The predicted molar refractivity (Wildman–Crippen MR) is 53.1 cm³/mol. The highest BCUT2D eigenvalue weighted by Crippen LogP contribution is 2.33. The number of nitro benzene ring substituents is 1. The van der Waals surface area contributed by atoms with Crippen LogP contribution in [0.3, 0.4) is 0 Å². The van der Waals surface area contributed by atoms with Gasteiger partial charge in [-0.25, -0.2) is 5.90 Å². The van der Waals surface area contributed by atoms with Crippen LogP contribution in [-0.4, -0.2) is 10.0 Å². The molecule has 0 saturated carbocycles. The second-order valence-electron chi connectivity index (χ2n) is 3.59. The van der Waals surface area contributed by atoms with Gasteiger partial charge in [0.1, 0.15) is 11.4 Å². The van der Waals surface area contributed by atoms with Crippen molar-refractivity contribution in [3.63, 3.8) is 0 Å². The minimum absolute atomic E-state index is 0.0688. The van der Waals surface area contributed by atoms with Gasteiger partial charge in [0.2, 0.25) is 0 Å². The molecule has 0 unspecified atom stereocenters. The molecule has 0 aliphatic heterocycles. The molecule has 1 rings (SSSR count). The number of aromatic hydroxyl groups is 1. The number of benzene rings is 1. The monoisotopic (exact) mass is 212 g/mol. The van der Waals surface area contributed by atoms with Gasteiger partial charge in [-0.2, -0.15) is 0 Å². The molecule has 0 fully saturated rings. The number of phenolic OH excluding ortho intramolecular Hbond substituents is 1. The zero-order valence-corrected chi connectivity index (χ0v) is 8.43. The molecule has 1 aromatic rings. The third kappa shape index (κ3) is 2.23. The van der Waals surface area contributed by atoms with Gasteiger partial charge in [0.15, 0.2) is 0 Å². The molecule has 0 aromatic heterocycles.